The first kappa shape index (κ1) is 36.1. The van der Waals surface area contributed by atoms with Gasteiger partial charge in [0, 0.05) is 33.2 Å². The summed E-state index contributed by atoms with van der Waals surface area (Å²) in [4.78, 5) is 2.48. The zero-order valence-corrected chi connectivity index (χ0v) is 35.5. The van der Waals surface area contributed by atoms with Crippen LogP contribution in [0.1, 0.15) is 22.3 Å². The number of anilines is 3. The normalized spacial score (nSPS) is 13.0. The number of hydrogen-bond donors (Lipinski definition) is 0. The Hall–Kier alpha value is -8.46. The van der Waals surface area contributed by atoms with Crippen LogP contribution in [0.4, 0.5) is 17.1 Å². The van der Waals surface area contributed by atoms with Gasteiger partial charge in [-0.05, 0) is 132 Å². The van der Waals surface area contributed by atoms with Crippen molar-refractivity contribution in [1.82, 2.24) is 4.57 Å². The molecule has 0 saturated carbocycles. The molecule has 14 rings (SSSR count). The highest BCUT2D eigenvalue weighted by atomic mass is 15.1. The topological polar surface area (TPSA) is 8.17 Å². The van der Waals surface area contributed by atoms with Gasteiger partial charge < -0.3 is 9.47 Å². The molecule has 0 aliphatic heterocycles. The van der Waals surface area contributed by atoms with Crippen LogP contribution in [0.2, 0.25) is 0 Å². The fourth-order valence-electron chi connectivity index (χ4n) is 11.7. The summed E-state index contributed by atoms with van der Waals surface area (Å²) < 4.78 is 2.52. The Kier molecular flexibility index (Phi) is 7.64. The fraction of sp³-hybridized carbons (Fsp3) is 0.0159. The second-order valence-corrected chi connectivity index (χ2v) is 17.6. The predicted molar refractivity (Wildman–Crippen MR) is 272 cm³/mol. The molecular weight excluding hydrogens is 785 g/mol. The van der Waals surface area contributed by atoms with Gasteiger partial charge in [0.2, 0.25) is 0 Å². The molecule has 1 heterocycles. The summed E-state index contributed by atoms with van der Waals surface area (Å²) in [6, 6.07) is 90.2. The Morgan fingerprint density at radius 2 is 0.892 bits per heavy atom. The smallest absolute Gasteiger partial charge is 0.0726 e. The number of hydrogen-bond acceptors (Lipinski definition) is 1. The third-order valence-corrected chi connectivity index (χ3v) is 14.3. The van der Waals surface area contributed by atoms with Gasteiger partial charge in [0.05, 0.1) is 22.1 Å². The summed E-state index contributed by atoms with van der Waals surface area (Å²) in [6.07, 6.45) is 0. The van der Waals surface area contributed by atoms with E-state index in [1.807, 2.05) is 0 Å². The van der Waals surface area contributed by atoms with E-state index in [-0.39, 0.29) is 0 Å². The number of rotatable bonds is 6. The molecule has 0 amide bonds. The van der Waals surface area contributed by atoms with Gasteiger partial charge in [-0.3, -0.25) is 0 Å². The maximum absolute atomic E-state index is 2.52. The Morgan fingerprint density at radius 3 is 1.55 bits per heavy atom. The minimum absolute atomic E-state index is 0.601. The molecule has 0 atom stereocenters. The van der Waals surface area contributed by atoms with E-state index in [1.165, 1.54) is 99.0 Å². The highest BCUT2D eigenvalue weighted by Gasteiger charge is 2.50. The van der Waals surface area contributed by atoms with E-state index in [2.05, 4.69) is 252 Å². The molecule has 2 aliphatic carbocycles. The maximum Gasteiger partial charge on any atom is 0.0726 e. The lowest BCUT2D eigenvalue weighted by Crippen LogP contribution is -2.30. The lowest BCUT2D eigenvalue weighted by atomic mass is 9.63. The summed E-state index contributed by atoms with van der Waals surface area (Å²) in [5, 5.41) is 7.59. The molecule has 1 spiro atoms. The molecule has 12 aromatic rings. The van der Waals surface area contributed by atoms with Crippen LogP contribution in [-0.4, -0.2) is 4.57 Å². The lowest BCUT2D eigenvalue weighted by molar-refractivity contribution is 0.783. The molecule has 2 aliphatic rings. The third-order valence-electron chi connectivity index (χ3n) is 14.3. The standard InChI is InChI=1S/C63H40N2/c1-5-17-41(18-6-1)45-32-35-53-51(38-45)52-39-46(42-19-7-2-8-20-42)33-36-54(52)63(53)55-28-15-27-50-58(64(47-23-9-3-10-24-47)49-34-31-43-21-13-14-22-44(43)37-49)40-59-62(60(50)55)61-56(63)29-16-30-57(61)65(59)48-25-11-4-12-26-48/h1-40H. The number of nitrogens with zero attached hydrogens (tertiary/aromatic N) is 2. The van der Waals surface area contributed by atoms with Crippen molar-refractivity contribution in [2.75, 3.05) is 4.90 Å². The summed E-state index contributed by atoms with van der Waals surface area (Å²) in [5.74, 6) is 0. The Bertz CT molecular complexity index is 3780. The second kappa shape index (κ2) is 13.8. The van der Waals surface area contributed by atoms with Crippen molar-refractivity contribution >= 4 is 60.4 Å². The van der Waals surface area contributed by atoms with Gasteiger partial charge in [-0.15, -0.1) is 0 Å². The SMILES string of the molecule is c1ccc(-c2ccc3c(c2)-c2cc(-c4ccccc4)ccc2C32c3cccc4c(N(c5ccccc5)c5ccc6ccccc6c5)cc5c(c34)c3c2cccc3n5-c2ccccc2)cc1. The largest absolute Gasteiger partial charge is 0.310 e. The van der Waals surface area contributed by atoms with Gasteiger partial charge in [-0.1, -0.05) is 182 Å². The van der Waals surface area contributed by atoms with Crippen molar-refractivity contribution in [3.8, 4) is 39.1 Å². The van der Waals surface area contributed by atoms with Crippen molar-refractivity contribution in [3.05, 3.63) is 265 Å². The number of fused-ring (bicyclic) bond motifs is 8. The highest BCUT2D eigenvalue weighted by Crippen LogP contribution is 2.63. The van der Waals surface area contributed by atoms with Gasteiger partial charge in [0.15, 0.2) is 0 Å². The van der Waals surface area contributed by atoms with E-state index >= 15 is 0 Å². The van der Waals surface area contributed by atoms with Crippen LogP contribution < -0.4 is 4.90 Å². The van der Waals surface area contributed by atoms with Gasteiger partial charge in [-0.2, -0.15) is 0 Å². The molecule has 2 nitrogen and oxygen atoms in total. The molecule has 0 bridgehead atoms. The third kappa shape index (κ3) is 5.05. The second-order valence-electron chi connectivity index (χ2n) is 17.6. The quantitative estimate of drug-likeness (QED) is 0.162. The van der Waals surface area contributed by atoms with E-state index in [9.17, 15) is 0 Å². The summed E-state index contributed by atoms with van der Waals surface area (Å²) in [7, 11) is 0. The van der Waals surface area contributed by atoms with Crippen molar-refractivity contribution in [3.63, 3.8) is 0 Å². The van der Waals surface area contributed by atoms with Gasteiger partial charge in [0.25, 0.3) is 0 Å². The maximum atomic E-state index is 2.52. The van der Waals surface area contributed by atoms with Crippen molar-refractivity contribution < 1.29 is 0 Å². The van der Waals surface area contributed by atoms with Crippen LogP contribution in [0.25, 0.3) is 82.4 Å². The van der Waals surface area contributed by atoms with Gasteiger partial charge >= 0.3 is 0 Å². The first-order valence-electron chi connectivity index (χ1n) is 22.6. The van der Waals surface area contributed by atoms with E-state index in [0.717, 1.165) is 22.7 Å². The predicted octanol–water partition coefficient (Wildman–Crippen LogP) is 16.6. The molecule has 1 aromatic heterocycles. The summed E-state index contributed by atoms with van der Waals surface area (Å²) in [5.41, 5.74) is 19.1. The van der Waals surface area contributed by atoms with E-state index in [0.29, 0.717) is 0 Å². The first-order valence-corrected chi connectivity index (χ1v) is 22.6. The van der Waals surface area contributed by atoms with E-state index in [4.69, 9.17) is 0 Å². The Morgan fingerprint density at radius 1 is 0.323 bits per heavy atom. The van der Waals surface area contributed by atoms with Crippen LogP contribution >= 0.6 is 0 Å². The fourth-order valence-corrected chi connectivity index (χ4v) is 11.7. The molecule has 302 valence electrons. The molecule has 0 saturated heterocycles. The first-order chi connectivity index (χ1) is 32.3. The summed E-state index contributed by atoms with van der Waals surface area (Å²) >= 11 is 0. The minimum atomic E-state index is -0.601. The van der Waals surface area contributed by atoms with Crippen LogP contribution in [0.5, 0.6) is 0 Å². The van der Waals surface area contributed by atoms with Crippen LogP contribution in [0.3, 0.4) is 0 Å². The average Bonchev–Trinajstić information content (AvgIpc) is 3.87. The zero-order chi connectivity index (χ0) is 42.6. The molecule has 0 unspecified atom stereocenters. The molecular formula is C63H40N2. The number of para-hydroxylation sites is 2. The molecule has 65 heavy (non-hydrogen) atoms. The van der Waals surface area contributed by atoms with E-state index < -0.39 is 5.41 Å². The van der Waals surface area contributed by atoms with Gasteiger partial charge in [0.1, 0.15) is 0 Å². The molecule has 11 aromatic carbocycles. The van der Waals surface area contributed by atoms with Crippen LogP contribution in [0.15, 0.2) is 243 Å². The van der Waals surface area contributed by atoms with Gasteiger partial charge in [-0.25, -0.2) is 0 Å². The zero-order valence-electron chi connectivity index (χ0n) is 35.5. The molecule has 0 N–H and O–H groups in total. The minimum Gasteiger partial charge on any atom is -0.310 e. The number of benzene rings is 11. The molecule has 2 heteroatoms. The van der Waals surface area contributed by atoms with Crippen molar-refractivity contribution in [2.24, 2.45) is 0 Å². The highest BCUT2D eigenvalue weighted by molar-refractivity contribution is 6.29. The Labute approximate surface area is 377 Å². The monoisotopic (exact) mass is 824 g/mol. The molecule has 0 fully saturated rings. The van der Waals surface area contributed by atoms with Crippen molar-refractivity contribution in [1.29, 1.82) is 0 Å². The summed E-state index contributed by atoms with van der Waals surface area (Å²) in [6.45, 7) is 0. The van der Waals surface area contributed by atoms with Crippen LogP contribution in [0, 0.1) is 0 Å². The average molecular weight is 825 g/mol. The Balaban J connectivity index is 1.15. The molecule has 0 radical (unpaired) electrons. The lowest BCUT2D eigenvalue weighted by Gasteiger charge is -2.38. The van der Waals surface area contributed by atoms with Crippen molar-refractivity contribution in [2.45, 2.75) is 5.41 Å². The van der Waals surface area contributed by atoms with Crippen LogP contribution in [-0.2, 0) is 5.41 Å². The van der Waals surface area contributed by atoms with E-state index in [1.54, 1.807) is 0 Å². The number of aromatic nitrogens is 1.